The quantitative estimate of drug-likeness (QED) is 0.832. The zero-order chi connectivity index (χ0) is 15.5. The number of likely N-dealkylation sites (N-methyl/N-ethyl adjacent to an activating group) is 2. The van der Waals surface area contributed by atoms with Gasteiger partial charge in [-0.05, 0) is 18.5 Å². The molecule has 0 atom stereocenters. The van der Waals surface area contributed by atoms with Gasteiger partial charge in [-0.15, -0.1) is 11.3 Å². The summed E-state index contributed by atoms with van der Waals surface area (Å²) in [6.45, 7) is 5.58. The van der Waals surface area contributed by atoms with Gasteiger partial charge in [-0.25, -0.2) is 4.98 Å². The molecule has 7 heteroatoms. The minimum absolute atomic E-state index is 0.692. The summed E-state index contributed by atoms with van der Waals surface area (Å²) in [5.41, 5.74) is 1.04. The van der Waals surface area contributed by atoms with Crippen molar-refractivity contribution in [2.45, 2.75) is 0 Å². The molecule has 6 nitrogen and oxygen atoms in total. The fraction of sp³-hybridized carbons (Fsp3) is 0.600. The van der Waals surface area contributed by atoms with Crippen molar-refractivity contribution in [3.63, 3.8) is 0 Å². The van der Waals surface area contributed by atoms with E-state index in [1.807, 2.05) is 0 Å². The minimum Gasteiger partial charge on any atom is -0.383 e. The van der Waals surface area contributed by atoms with Crippen LogP contribution in [0.25, 0.3) is 10.2 Å². The van der Waals surface area contributed by atoms with Crippen molar-refractivity contribution in [1.29, 1.82) is 0 Å². The van der Waals surface area contributed by atoms with E-state index in [2.05, 4.69) is 40.2 Å². The van der Waals surface area contributed by atoms with Gasteiger partial charge in [-0.2, -0.15) is 4.98 Å². The Labute approximate surface area is 135 Å². The number of thiophene rings is 1. The van der Waals surface area contributed by atoms with Crippen molar-refractivity contribution in [1.82, 2.24) is 14.9 Å². The molecule has 1 fully saturated rings. The van der Waals surface area contributed by atoms with E-state index in [1.165, 1.54) is 0 Å². The van der Waals surface area contributed by atoms with Crippen LogP contribution in [0, 0.1) is 0 Å². The maximum atomic E-state index is 5.19. The standard InChI is InChI=1S/C15H23N5OS/c1-18-5-7-20(8-6-18)15-16-12-4-11-22-13(12)14(17-15)19(2)9-10-21-3/h4,11H,5-10H2,1-3H3. The van der Waals surface area contributed by atoms with Gasteiger partial charge in [0.2, 0.25) is 5.95 Å². The predicted molar refractivity (Wildman–Crippen MR) is 92.3 cm³/mol. The lowest BCUT2D eigenvalue weighted by Crippen LogP contribution is -2.45. The highest BCUT2D eigenvalue weighted by atomic mass is 32.1. The molecule has 2 aromatic heterocycles. The molecule has 3 heterocycles. The van der Waals surface area contributed by atoms with Crippen LogP contribution in [0.4, 0.5) is 11.8 Å². The van der Waals surface area contributed by atoms with Crippen molar-refractivity contribution in [3.8, 4) is 0 Å². The number of anilines is 2. The molecular formula is C15H23N5OS. The van der Waals surface area contributed by atoms with Gasteiger partial charge in [0, 0.05) is 46.9 Å². The van der Waals surface area contributed by atoms with Gasteiger partial charge in [-0.3, -0.25) is 0 Å². The van der Waals surface area contributed by atoms with Gasteiger partial charge in [-0.1, -0.05) is 0 Å². The Morgan fingerprint density at radius 3 is 2.77 bits per heavy atom. The monoisotopic (exact) mass is 321 g/mol. The van der Waals surface area contributed by atoms with Crippen LogP contribution in [0.1, 0.15) is 0 Å². The molecular weight excluding hydrogens is 298 g/mol. The maximum Gasteiger partial charge on any atom is 0.228 e. The van der Waals surface area contributed by atoms with E-state index < -0.39 is 0 Å². The number of methoxy groups -OCH3 is 1. The van der Waals surface area contributed by atoms with Crippen molar-refractivity contribution >= 4 is 33.3 Å². The van der Waals surface area contributed by atoms with Crippen molar-refractivity contribution in [2.24, 2.45) is 0 Å². The summed E-state index contributed by atoms with van der Waals surface area (Å²) in [6, 6.07) is 2.08. The summed E-state index contributed by atoms with van der Waals surface area (Å²) in [6.07, 6.45) is 0. The Balaban J connectivity index is 1.91. The summed E-state index contributed by atoms with van der Waals surface area (Å²) in [7, 11) is 5.95. The second-order valence-corrected chi connectivity index (χ2v) is 6.60. The average molecular weight is 321 g/mol. The second kappa shape index (κ2) is 6.76. The zero-order valence-electron chi connectivity index (χ0n) is 13.4. The van der Waals surface area contributed by atoms with E-state index in [1.54, 1.807) is 18.4 Å². The van der Waals surface area contributed by atoms with E-state index in [0.717, 1.165) is 54.7 Å². The van der Waals surface area contributed by atoms with Crippen LogP contribution in [-0.4, -0.2) is 75.4 Å². The van der Waals surface area contributed by atoms with Gasteiger partial charge < -0.3 is 19.4 Å². The average Bonchev–Trinajstić information content (AvgIpc) is 3.00. The normalized spacial score (nSPS) is 16.4. The van der Waals surface area contributed by atoms with Crippen LogP contribution < -0.4 is 9.80 Å². The third kappa shape index (κ3) is 3.16. The van der Waals surface area contributed by atoms with Gasteiger partial charge in [0.05, 0.1) is 16.8 Å². The highest BCUT2D eigenvalue weighted by Gasteiger charge is 2.20. The second-order valence-electron chi connectivity index (χ2n) is 5.69. The number of rotatable bonds is 5. The minimum atomic E-state index is 0.692. The van der Waals surface area contributed by atoms with Crippen LogP contribution in [0.5, 0.6) is 0 Å². The third-order valence-electron chi connectivity index (χ3n) is 4.05. The largest absolute Gasteiger partial charge is 0.383 e. The third-order valence-corrected chi connectivity index (χ3v) is 4.95. The molecule has 0 radical (unpaired) electrons. The lowest BCUT2D eigenvalue weighted by Gasteiger charge is -2.33. The lowest BCUT2D eigenvalue weighted by molar-refractivity contribution is 0.206. The number of nitrogens with zero attached hydrogens (tertiary/aromatic N) is 5. The Morgan fingerprint density at radius 1 is 1.27 bits per heavy atom. The van der Waals surface area contributed by atoms with Gasteiger partial charge >= 0.3 is 0 Å². The van der Waals surface area contributed by atoms with Gasteiger partial charge in [0.1, 0.15) is 0 Å². The fourth-order valence-corrected chi connectivity index (χ4v) is 3.45. The highest BCUT2D eigenvalue weighted by Crippen LogP contribution is 2.30. The van der Waals surface area contributed by atoms with E-state index in [9.17, 15) is 0 Å². The number of ether oxygens (including phenoxy) is 1. The summed E-state index contributed by atoms with van der Waals surface area (Å²) in [5.74, 6) is 1.85. The predicted octanol–water partition coefficient (Wildman–Crippen LogP) is 1.53. The molecule has 0 aliphatic carbocycles. The maximum absolute atomic E-state index is 5.19. The first-order valence-electron chi connectivity index (χ1n) is 7.58. The number of piperazine rings is 1. The topological polar surface area (TPSA) is 44.7 Å². The molecule has 0 saturated carbocycles. The van der Waals surface area contributed by atoms with E-state index in [-0.39, 0.29) is 0 Å². The molecule has 0 spiro atoms. The first kappa shape index (κ1) is 15.5. The van der Waals surface area contributed by atoms with Gasteiger partial charge in [0.15, 0.2) is 5.82 Å². The van der Waals surface area contributed by atoms with Crippen molar-refractivity contribution < 1.29 is 4.74 Å². The molecule has 0 aromatic carbocycles. The number of fused-ring (bicyclic) bond motifs is 1. The molecule has 0 N–H and O–H groups in total. The summed E-state index contributed by atoms with van der Waals surface area (Å²) in [4.78, 5) is 16.4. The van der Waals surface area contributed by atoms with E-state index in [0.29, 0.717) is 6.61 Å². The summed E-state index contributed by atoms with van der Waals surface area (Å²) >= 11 is 1.70. The van der Waals surface area contributed by atoms with Crippen LogP contribution in [0.15, 0.2) is 11.4 Å². The molecule has 1 aliphatic heterocycles. The van der Waals surface area contributed by atoms with Crippen LogP contribution in [0.2, 0.25) is 0 Å². The molecule has 3 rings (SSSR count). The Morgan fingerprint density at radius 2 is 2.05 bits per heavy atom. The highest BCUT2D eigenvalue weighted by molar-refractivity contribution is 7.17. The SMILES string of the molecule is COCCN(C)c1nc(N2CCN(C)CC2)nc2ccsc12. The molecule has 0 amide bonds. The summed E-state index contributed by atoms with van der Waals surface area (Å²) in [5, 5.41) is 2.08. The van der Waals surface area contributed by atoms with Crippen molar-refractivity contribution in [2.75, 3.05) is 70.3 Å². The van der Waals surface area contributed by atoms with E-state index >= 15 is 0 Å². The van der Waals surface area contributed by atoms with Crippen LogP contribution in [-0.2, 0) is 4.74 Å². The zero-order valence-corrected chi connectivity index (χ0v) is 14.3. The molecule has 2 aromatic rings. The Kier molecular flexibility index (Phi) is 4.75. The lowest BCUT2D eigenvalue weighted by atomic mass is 10.3. The molecule has 1 aliphatic rings. The van der Waals surface area contributed by atoms with Crippen molar-refractivity contribution in [3.05, 3.63) is 11.4 Å². The molecule has 0 unspecified atom stereocenters. The smallest absolute Gasteiger partial charge is 0.228 e. The first-order valence-corrected chi connectivity index (χ1v) is 8.46. The van der Waals surface area contributed by atoms with Gasteiger partial charge in [0.25, 0.3) is 0 Å². The molecule has 0 bridgehead atoms. The molecule has 22 heavy (non-hydrogen) atoms. The molecule has 1 saturated heterocycles. The van der Waals surface area contributed by atoms with Crippen LogP contribution >= 0.6 is 11.3 Å². The number of aromatic nitrogens is 2. The number of hydrogen-bond donors (Lipinski definition) is 0. The molecule has 120 valence electrons. The number of hydrogen-bond acceptors (Lipinski definition) is 7. The Bertz CT molecular complexity index is 623. The first-order chi connectivity index (χ1) is 10.7. The van der Waals surface area contributed by atoms with E-state index in [4.69, 9.17) is 14.7 Å². The Hall–Kier alpha value is -1.44. The fourth-order valence-electron chi connectivity index (χ4n) is 2.58. The van der Waals surface area contributed by atoms with Crippen LogP contribution in [0.3, 0.4) is 0 Å². The summed E-state index contributed by atoms with van der Waals surface area (Å²) < 4.78 is 6.34.